The van der Waals surface area contributed by atoms with Crippen molar-refractivity contribution in [1.29, 1.82) is 0 Å². The Labute approximate surface area is 178 Å². The smallest absolute Gasteiger partial charge is 0.191 e. The molecule has 0 radical (unpaired) electrons. The highest BCUT2D eigenvalue weighted by Gasteiger charge is 2.22. The van der Waals surface area contributed by atoms with Crippen LogP contribution in [0.2, 0.25) is 10.0 Å². The van der Waals surface area contributed by atoms with Crippen LogP contribution in [0.1, 0.15) is 42.2 Å². The van der Waals surface area contributed by atoms with Crippen molar-refractivity contribution in [3.05, 3.63) is 49.6 Å². The van der Waals surface area contributed by atoms with E-state index in [1.165, 1.54) is 41.7 Å². The minimum atomic E-state index is 0.587. The summed E-state index contributed by atoms with van der Waals surface area (Å²) in [6.07, 6.45) is 6.01. The van der Waals surface area contributed by atoms with E-state index in [0.717, 1.165) is 35.3 Å². The van der Waals surface area contributed by atoms with Crippen molar-refractivity contribution in [3.8, 4) is 11.4 Å². The molecule has 3 nitrogen and oxygen atoms in total. The Bertz CT molecular complexity index is 949. The average molecular weight is 438 g/mol. The summed E-state index contributed by atoms with van der Waals surface area (Å²) in [6.45, 7) is 3.12. The molecule has 0 saturated carbocycles. The molecule has 27 heavy (non-hydrogen) atoms. The van der Waals surface area contributed by atoms with Crippen molar-refractivity contribution in [3.63, 3.8) is 0 Å². The van der Waals surface area contributed by atoms with Crippen LogP contribution in [0.25, 0.3) is 11.4 Å². The lowest BCUT2D eigenvalue weighted by atomic mass is 9.95. The SMILES string of the molecule is CCCn1c(SCc2ccc(Cl)c(Cl)c2)nnc1-c1csc2c1CCCC2. The van der Waals surface area contributed by atoms with Crippen molar-refractivity contribution in [1.82, 2.24) is 14.8 Å². The molecule has 4 rings (SSSR count). The van der Waals surface area contributed by atoms with E-state index in [1.54, 1.807) is 11.8 Å². The van der Waals surface area contributed by atoms with Crippen molar-refractivity contribution >= 4 is 46.3 Å². The summed E-state index contributed by atoms with van der Waals surface area (Å²) in [4.78, 5) is 1.53. The molecule has 0 aliphatic heterocycles. The lowest BCUT2D eigenvalue weighted by Gasteiger charge is -2.13. The third kappa shape index (κ3) is 4.07. The summed E-state index contributed by atoms with van der Waals surface area (Å²) >= 11 is 15.7. The molecule has 0 spiro atoms. The van der Waals surface area contributed by atoms with Gasteiger partial charge in [0.1, 0.15) is 0 Å². The lowest BCUT2D eigenvalue weighted by molar-refractivity contribution is 0.625. The van der Waals surface area contributed by atoms with Gasteiger partial charge in [0.15, 0.2) is 11.0 Å². The Morgan fingerprint density at radius 3 is 2.81 bits per heavy atom. The largest absolute Gasteiger partial charge is 0.302 e. The number of thiophene rings is 1. The van der Waals surface area contributed by atoms with Crippen LogP contribution in [-0.2, 0) is 25.1 Å². The van der Waals surface area contributed by atoms with Crippen molar-refractivity contribution < 1.29 is 0 Å². The number of halogens is 2. The topological polar surface area (TPSA) is 30.7 Å². The molecule has 1 aliphatic carbocycles. The van der Waals surface area contributed by atoms with Gasteiger partial charge in [-0.05, 0) is 55.4 Å². The third-order valence-electron chi connectivity index (χ3n) is 4.82. The number of rotatable bonds is 6. The Kier molecular flexibility index (Phi) is 6.12. The summed E-state index contributed by atoms with van der Waals surface area (Å²) in [5, 5.41) is 13.5. The number of benzene rings is 1. The van der Waals surface area contributed by atoms with Crippen molar-refractivity contribution in [2.24, 2.45) is 0 Å². The highest BCUT2D eigenvalue weighted by Crippen LogP contribution is 2.37. The van der Waals surface area contributed by atoms with Crippen LogP contribution in [0.5, 0.6) is 0 Å². The number of aryl methyl sites for hydroxylation is 1. The monoisotopic (exact) mass is 437 g/mol. The molecule has 0 N–H and O–H groups in total. The zero-order valence-corrected chi connectivity index (χ0v) is 18.3. The quantitative estimate of drug-likeness (QED) is 0.393. The van der Waals surface area contributed by atoms with E-state index >= 15 is 0 Å². The average Bonchev–Trinajstić information content (AvgIpc) is 3.27. The van der Waals surface area contributed by atoms with Crippen LogP contribution >= 0.6 is 46.3 Å². The molecule has 2 heterocycles. The Balaban J connectivity index is 1.60. The molecule has 0 bridgehead atoms. The summed E-state index contributed by atoms with van der Waals surface area (Å²) in [5.74, 6) is 1.81. The van der Waals surface area contributed by atoms with E-state index < -0.39 is 0 Å². The van der Waals surface area contributed by atoms with Gasteiger partial charge in [0.2, 0.25) is 0 Å². The Hall–Kier alpha value is -1.01. The van der Waals surface area contributed by atoms with E-state index in [-0.39, 0.29) is 0 Å². The van der Waals surface area contributed by atoms with Crippen LogP contribution in [0.3, 0.4) is 0 Å². The second kappa shape index (κ2) is 8.56. The molecule has 0 unspecified atom stereocenters. The summed E-state index contributed by atoms with van der Waals surface area (Å²) in [6, 6.07) is 5.78. The lowest BCUT2D eigenvalue weighted by Crippen LogP contribution is -2.05. The molecule has 1 aliphatic rings. The predicted octanol–water partition coefficient (Wildman–Crippen LogP) is 6.89. The van der Waals surface area contributed by atoms with Gasteiger partial charge in [-0.15, -0.1) is 21.5 Å². The molecule has 2 aromatic heterocycles. The minimum absolute atomic E-state index is 0.587. The maximum Gasteiger partial charge on any atom is 0.191 e. The molecule has 142 valence electrons. The first-order valence-electron chi connectivity index (χ1n) is 9.27. The molecule has 1 aromatic carbocycles. The zero-order chi connectivity index (χ0) is 18.8. The number of hydrogen-bond acceptors (Lipinski definition) is 4. The molecule has 0 amide bonds. The first-order chi connectivity index (χ1) is 13.2. The highest BCUT2D eigenvalue weighted by molar-refractivity contribution is 7.98. The van der Waals surface area contributed by atoms with Gasteiger partial charge in [0, 0.05) is 28.1 Å². The first-order valence-corrected chi connectivity index (χ1v) is 11.9. The van der Waals surface area contributed by atoms with E-state index in [9.17, 15) is 0 Å². The second-order valence-electron chi connectivity index (χ2n) is 6.75. The van der Waals surface area contributed by atoms with Crippen LogP contribution in [0, 0.1) is 0 Å². The number of aromatic nitrogens is 3. The molecule has 0 atom stereocenters. The van der Waals surface area contributed by atoms with Gasteiger partial charge in [0.05, 0.1) is 10.0 Å². The zero-order valence-electron chi connectivity index (χ0n) is 15.2. The van der Waals surface area contributed by atoms with E-state index in [2.05, 4.69) is 27.1 Å². The fraction of sp³-hybridized carbons (Fsp3) is 0.400. The molecule has 0 fully saturated rings. The second-order valence-corrected chi connectivity index (χ2v) is 9.47. The third-order valence-corrected chi connectivity index (χ3v) is 7.68. The normalized spacial score (nSPS) is 13.7. The highest BCUT2D eigenvalue weighted by atomic mass is 35.5. The van der Waals surface area contributed by atoms with Gasteiger partial charge in [-0.2, -0.15) is 0 Å². The number of hydrogen-bond donors (Lipinski definition) is 0. The predicted molar refractivity (Wildman–Crippen MR) is 116 cm³/mol. The maximum atomic E-state index is 6.14. The molecule has 3 aromatic rings. The van der Waals surface area contributed by atoms with Crippen molar-refractivity contribution in [2.45, 2.75) is 56.5 Å². The van der Waals surface area contributed by atoms with E-state index in [4.69, 9.17) is 23.2 Å². The van der Waals surface area contributed by atoms with Gasteiger partial charge >= 0.3 is 0 Å². The van der Waals surface area contributed by atoms with E-state index in [0.29, 0.717) is 10.0 Å². The van der Waals surface area contributed by atoms with Crippen LogP contribution in [0.15, 0.2) is 28.7 Å². The summed E-state index contributed by atoms with van der Waals surface area (Å²) in [5.41, 5.74) is 3.92. The van der Waals surface area contributed by atoms with Gasteiger partial charge in [-0.25, -0.2) is 0 Å². The minimum Gasteiger partial charge on any atom is -0.302 e. The van der Waals surface area contributed by atoms with Gasteiger partial charge in [-0.3, -0.25) is 0 Å². The standard InChI is InChI=1S/C20H21Cl2N3S2/c1-2-9-25-19(15-12-26-18-6-4-3-5-14(15)18)23-24-20(25)27-11-13-7-8-16(21)17(22)10-13/h7-8,10,12H,2-6,9,11H2,1H3. The molecule has 7 heteroatoms. The maximum absolute atomic E-state index is 6.14. The fourth-order valence-electron chi connectivity index (χ4n) is 3.48. The van der Waals surface area contributed by atoms with Crippen LogP contribution < -0.4 is 0 Å². The molecule has 0 saturated heterocycles. The van der Waals surface area contributed by atoms with E-state index in [1.807, 2.05) is 29.5 Å². The number of fused-ring (bicyclic) bond motifs is 1. The van der Waals surface area contributed by atoms with Gasteiger partial charge < -0.3 is 4.57 Å². The molecular formula is C20H21Cl2N3S2. The van der Waals surface area contributed by atoms with Crippen molar-refractivity contribution in [2.75, 3.05) is 0 Å². The van der Waals surface area contributed by atoms with Crippen LogP contribution in [0.4, 0.5) is 0 Å². The van der Waals surface area contributed by atoms with Gasteiger partial charge in [0.25, 0.3) is 0 Å². The summed E-state index contributed by atoms with van der Waals surface area (Å²) < 4.78 is 2.28. The first kappa shape index (κ1) is 19.3. The van der Waals surface area contributed by atoms with Gasteiger partial charge in [-0.1, -0.05) is 48.0 Å². The van der Waals surface area contributed by atoms with Crippen LogP contribution in [-0.4, -0.2) is 14.8 Å². The number of thioether (sulfide) groups is 1. The molecular weight excluding hydrogens is 417 g/mol. The number of nitrogens with zero attached hydrogens (tertiary/aromatic N) is 3. The fourth-order valence-corrected chi connectivity index (χ4v) is 5.83. The summed E-state index contributed by atoms with van der Waals surface area (Å²) in [7, 11) is 0. The Morgan fingerprint density at radius 2 is 2.00 bits per heavy atom. The Morgan fingerprint density at radius 1 is 1.15 bits per heavy atom.